The molecular formula is C11H11BrN4O2. The maximum atomic E-state index is 11.0. The SMILES string of the molecule is O=C1CC[C@@H](COc2ccc3ncc(Br)n3n2)N1. The zero-order chi connectivity index (χ0) is 12.5. The molecule has 3 heterocycles. The second-order valence-corrected chi connectivity index (χ2v) is 4.95. The van der Waals surface area contributed by atoms with Gasteiger partial charge in [-0.1, -0.05) is 0 Å². The van der Waals surface area contributed by atoms with Gasteiger partial charge in [-0.25, -0.2) is 9.50 Å². The van der Waals surface area contributed by atoms with E-state index < -0.39 is 0 Å². The average Bonchev–Trinajstić information content (AvgIpc) is 2.94. The van der Waals surface area contributed by atoms with Gasteiger partial charge in [-0.2, -0.15) is 0 Å². The van der Waals surface area contributed by atoms with Crippen LogP contribution in [0.5, 0.6) is 5.88 Å². The number of carbonyl (C=O) groups is 1. The van der Waals surface area contributed by atoms with Crippen LogP contribution in [-0.4, -0.2) is 33.2 Å². The number of aromatic nitrogens is 3. The molecule has 7 heteroatoms. The summed E-state index contributed by atoms with van der Waals surface area (Å²) >= 11 is 3.35. The first-order valence-electron chi connectivity index (χ1n) is 5.65. The van der Waals surface area contributed by atoms with Crippen LogP contribution in [0.4, 0.5) is 0 Å². The molecule has 0 bridgehead atoms. The van der Waals surface area contributed by atoms with Crippen LogP contribution >= 0.6 is 15.9 Å². The van der Waals surface area contributed by atoms with Gasteiger partial charge in [-0.05, 0) is 28.4 Å². The number of rotatable bonds is 3. The molecule has 1 fully saturated rings. The number of amides is 1. The molecule has 0 aromatic carbocycles. The summed E-state index contributed by atoms with van der Waals surface area (Å²) in [5.41, 5.74) is 0.753. The molecule has 1 aliphatic rings. The number of imidazole rings is 1. The minimum Gasteiger partial charge on any atom is -0.474 e. The molecule has 0 saturated carbocycles. The minimum absolute atomic E-state index is 0.0845. The highest BCUT2D eigenvalue weighted by Crippen LogP contribution is 2.15. The van der Waals surface area contributed by atoms with Crippen LogP contribution in [-0.2, 0) is 4.79 Å². The molecule has 0 spiro atoms. The summed E-state index contributed by atoms with van der Waals surface area (Å²) in [6.07, 6.45) is 3.08. The molecule has 1 aliphatic heterocycles. The Labute approximate surface area is 111 Å². The molecule has 6 nitrogen and oxygen atoms in total. The number of fused-ring (bicyclic) bond motifs is 1. The van der Waals surface area contributed by atoms with Crippen molar-refractivity contribution in [2.24, 2.45) is 0 Å². The van der Waals surface area contributed by atoms with Crippen molar-refractivity contribution in [1.82, 2.24) is 19.9 Å². The van der Waals surface area contributed by atoms with E-state index in [4.69, 9.17) is 4.74 Å². The molecule has 1 amide bonds. The monoisotopic (exact) mass is 310 g/mol. The van der Waals surface area contributed by atoms with E-state index in [1.54, 1.807) is 16.8 Å². The van der Waals surface area contributed by atoms with Gasteiger partial charge in [0.05, 0.1) is 12.2 Å². The lowest BCUT2D eigenvalue weighted by Gasteiger charge is -2.11. The van der Waals surface area contributed by atoms with Gasteiger partial charge in [-0.15, -0.1) is 5.10 Å². The Morgan fingerprint density at radius 2 is 2.44 bits per heavy atom. The second kappa shape index (κ2) is 4.56. The summed E-state index contributed by atoms with van der Waals surface area (Å²) in [4.78, 5) is 15.2. The van der Waals surface area contributed by atoms with Crippen LogP contribution in [0.3, 0.4) is 0 Å². The quantitative estimate of drug-likeness (QED) is 0.923. The fourth-order valence-electron chi connectivity index (χ4n) is 1.89. The largest absolute Gasteiger partial charge is 0.474 e. The van der Waals surface area contributed by atoms with Gasteiger partial charge < -0.3 is 10.1 Å². The van der Waals surface area contributed by atoms with Gasteiger partial charge in [0.1, 0.15) is 11.2 Å². The van der Waals surface area contributed by atoms with Crippen LogP contribution in [0.2, 0.25) is 0 Å². The molecule has 1 atom stereocenters. The first-order chi connectivity index (χ1) is 8.72. The number of nitrogens with one attached hydrogen (secondary N) is 1. The zero-order valence-electron chi connectivity index (χ0n) is 9.47. The van der Waals surface area contributed by atoms with Crippen LogP contribution in [0.1, 0.15) is 12.8 Å². The summed E-state index contributed by atoms with van der Waals surface area (Å²) in [5.74, 6) is 0.603. The Kier molecular flexibility index (Phi) is 2.91. The molecule has 3 rings (SSSR count). The fraction of sp³-hybridized carbons (Fsp3) is 0.364. The molecule has 1 N–H and O–H groups in total. The second-order valence-electron chi connectivity index (χ2n) is 4.14. The summed E-state index contributed by atoms with van der Waals surface area (Å²) in [6, 6.07) is 3.69. The number of halogens is 1. The van der Waals surface area contributed by atoms with E-state index in [-0.39, 0.29) is 11.9 Å². The van der Waals surface area contributed by atoms with Gasteiger partial charge in [0, 0.05) is 12.5 Å². The number of carbonyl (C=O) groups excluding carboxylic acids is 1. The lowest BCUT2D eigenvalue weighted by molar-refractivity contribution is -0.119. The molecule has 0 radical (unpaired) electrons. The van der Waals surface area contributed by atoms with Crippen molar-refractivity contribution in [2.75, 3.05) is 6.61 Å². The summed E-state index contributed by atoms with van der Waals surface area (Å²) < 4.78 is 8.01. The van der Waals surface area contributed by atoms with E-state index in [1.807, 2.05) is 6.07 Å². The van der Waals surface area contributed by atoms with Crippen molar-refractivity contribution < 1.29 is 9.53 Å². The Morgan fingerprint density at radius 3 is 3.22 bits per heavy atom. The maximum Gasteiger partial charge on any atom is 0.231 e. The van der Waals surface area contributed by atoms with E-state index in [1.165, 1.54) is 0 Å². The summed E-state index contributed by atoms with van der Waals surface area (Å²) in [6.45, 7) is 0.441. The third kappa shape index (κ3) is 2.17. The van der Waals surface area contributed by atoms with E-state index in [0.717, 1.165) is 16.7 Å². The predicted molar refractivity (Wildman–Crippen MR) is 67.3 cm³/mol. The number of hydrogen-bond donors (Lipinski definition) is 1. The normalized spacial score (nSPS) is 19.2. The summed E-state index contributed by atoms with van der Waals surface area (Å²) in [7, 11) is 0. The first kappa shape index (κ1) is 11.5. The van der Waals surface area contributed by atoms with Crippen molar-refractivity contribution in [3.63, 3.8) is 0 Å². The highest BCUT2D eigenvalue weighted by atomic mass is 79.9. The van der Waals surface area contributed by atoms with Crippen LogP contribution in [0.15, 0.2) is 22.9 Å². The number of hydrogen-bond acceptors (Lipinski definition) is 4. The predicted octanol–water partition coefficient (Wildman–Crippen LogP) is 1.15. The van der Waals surface area contributed by atoms with Crippen molar-refractivity contribution in [3.8, 4) is 5.88 Å². The van der Waals surface area contributed by atoms with E-state index >= 15 is 0 Å². The maximum absolute atomic E-state index is 11.0. The molecule has 0 unspecified atom stereocenters. The van der Waals surface area contributed by atoms with Crippen LogP contribution in [0.25, 0.3) is 5.65 Å². The average molecular weight is 311 g/mol. The van der Waals surface area contributed by atoms with Crippen molar-refractivity contribution in [3.05, 3.63) is 22.9 Å². The standard InChI is InChI=1S/C11H11BrN4O2/c12-8-5-13-9-2-4-11(15-16(8)9)18-6-7-1-3-10(17)14-7/h2,4-5,7H,1,3,6H2,(H,14,17)/t7-/m0/s1. The Morgan fingerprint density at radius 1 is 1.56 bits per heavy atom. The Bertz CT molecular complexity index is 598. The van der Waals surface area contributed by atoms with Crippen molar-refractivity contribution >= 4 is 27.5 Å². The van der Waals surface area contributed by atoms with Crippen molar-refractivity contribution in [2.45, 2.75) is 18.9 Å². The van der Waals surface area contributed by atoms with Crippen molar-refractivity contribution in [1.29, 1.82) is 0 Å². The Hall–Kier alpha value is -1.63. The third-order valence-electron chi connectivity index (χ3n) is 2.81. The molecule has 94 valence electrons. The smallest absolute Gasteiger partial charge is 0.231 e. The van der Waals surface area contributed by atoms with E-state index in [2.05, 4.69) is 31.3 Å². The van der Waals surface area contributed by atoms with Gasteiger partial charge in [0.25, 0.3) is 0 Å². The molecule has 2 aromatic heterocycles. The molecule has 18 heavy (non-hydrogen) atoms. The highest BCUT2D eigenvalue weighted by molar-refractivity contribution is 9.10. The van der Waals surface area contributed by atoms with Crippen LogP contribution in [0, 0.1) is 0 Å². The topological polar surface area (TPSA) is 68.5 Å². The van der Waals surface area contributed by atoms with E-state index in [9.17, 15) is 4.79 Å². The first-order valence-corrected chi connectivity index (χ1v) is 6.44. The zero-order valence-corrected chi connectivity index (χ0v) is 11.1. The molecule has 0 aliphatic carbocycles. The minimum atomic E-state index is 0.0845. The van der Waals surface area contributed by atoms with Crippen LogP contribution < -0.4 is 10.1 Å². The number of nitrogens with zero attached hydrogens (tertiary/aromatic N) is 3. The number of ether oxygens (including phenoxy) is 1. The van der Waals surface area contributed by atoms with E-state index in [0.29, 0.717) is 18.9 Å². The molecular weight excluding hydrogens is 300 g/mol. The summed E-state index contributed by atoms with van der Waals surface area (Å²) in [5, 5.41) is 7.13. The van der Waals surface area contributed by atoms with Gasteiger partial charge in [-0.3, -0.25) is 4.79 Å². The Balaban J connectivity index is 1.70. The third-order valence-corrected chi connectivity index (χ3v) is 3.35. The lowest BCUT2D eigenvalue weighted by Crippen LogP contribution is -2.31. The van der Waals surface area contributed by atoms with Gasteiger partial charge in [0.2, 0.25) is 11.8 Å². The van der Waals surface area contributed by atoms with Gasteiger partial charge in [0.15, 0.2) is 5.65 Å². The van der Waals surface area contributed by atoms with Gasteiger partial charge >= 0.3 is 0 Å². The molecule has 1 saturated heterocycles. The fourth-order valence-corrected chi connectivity index (χ4v) is 2.26. The highest BCUT2D eigenvalue weighted by Gasteiger charge is 2.21. The lowest BCUT2D eigenvalue weighted by atomic mass is 10.2. The molecule has 2 aromatic rings.